The van der Waals surface area contributed by atoms with Crippen LogP contribution in [0.1, 0.15) is 24.5 Å². The van der Waals surface area contributed by atoms with E-state index in [-0.39, 0.29) is 6.42 Å². The minimum absolute atomic E-state index is 0.186. The maximum absolute atomic E-state index is 10.7. The van der Waals surface area contributed by atoms with E-state index >= 15 is 0 Å². The number of ether oxygens (including phenoxy) is 2. The van der Waals surface area contributed by atoms with E-state index in [0.717, 1.165) is 11.1 Å². The zero-order valence-electron chi connectivity index (χ0n) is 9.40. The number of carboxylic acid groups (broad SMARTS) is 1. The molecule has 17 heavy (non-hydrogen) atoms. The summed E-state index contributed by atoms with van der Waals surface area (Å²) in [6, 6.07) is 5.46. The molecule has 1 aliphatic rings. The van der Waals surface area contributed by atoms with E-state index in [1.165, 1.54) is 0 Å². The van der Waals surface area contributed by atoms with Gasteiger partial charge in [-0.1, -0.05) is 17.7 Å². The molecule has 0 amide bonds. The zero-order chi connectivity index (χ0) is 12.5. The third kappa shape index (κ3) is 2.97. The first-order valence-electron chi connectivity index (χ1n) is 5.25. The minimum atomic E-state index is -1.09. The first-order chi connectivity index (χ1) is 7.98. The summed E-state index contributed by atoms with van der Waals surface area (Å²) in [5, 5.41) is 9.44. The van der Waals surface area contributed by atoms with E-state index in [9.17, 15) is 4.79 Å². The van der Waals surface area contributed by atoms with E-state index in [1.54, 1.807) is 13.0 Å². The van der Waals surface area contributed by atoms with Gasteiger partial charge in [-0.15, -0.1) is 0 Å². The number of hydrogen-bond donors (Lipinski definition) is 1. The Bertz CT molecular complexity index is 446. The van der Waals surface area contributed by atoms with Gasteiger partial charge in [0.2, 0.25) is 0 Å². The largest absolute Gasteiger partial charge is 0.481 e. The second kappa shape index (κ2) is 4.64. The standard InChI is InChI=1S/C12H13ClO4/c1-12(5-11(14)15)16-6-8-2-3-10(13)4-9(8)7-17-12/h2-4H,5-7H2,1H3,(H,14,15). The molecule has 5 heteroatoms. The lowest BCUT2D eigenvalue weighted by Crippen LogP contribution is -2.33. The molecule has 0 spiro atoms. The molecule has 1 aromatic carbocycles. The molecule has 0 saturated heterocycles. The smallest absolute Gasteiger partial charge is 0.308 e. The average Bonchev–Trinajstić information content (AvgIpc) is 2.38. The monoisotopic (exact) mass is 256 g/mol. The topological polar surface area (TPSA) is 55.8 Å². The second-order valence-electron chi connectivity index (χ2n) is 4.19. The molecule has 1 unspecified atom stereocenters. The number of hydrogen-bond acceptors (Lipinski definition) is 3. The molecule has 0 fully saturated rings. The van der Waals surface area contributed by atoms with Crippen LogP contribution in [0.15, 0.2) is 18.2 Å². The molecular formula is C12H13ClO4. The summed E-state index contributed by atoms with van der Waals surface area (Å²) < 4.78 is 11.0. The van der Waals surface area contributed by atoms with Crippen LogP contribution in [-0.2, 0) is 27.5 Å². The van der Waals surface area contributed by atoms with Crippen LogP contribution in [0.5, 0.6) is 0 Å². The summed E-state index contributed by atoms with van der Waals surface area (Å²) in [5.74, 6) is -2.03. The van der Waals surface area contributed by atoms with Gasteiger partial charge in [0.1, 0.15) is 0 Å². The van der Waals surface area contributed by atoms with Crippen LogP contribution >= 0.6 is 11.6 Å². The highest BCUT2D eigenvalue weighted by Gasteiger charge is 2.32. The van der Waals surface area contributed by atoms with Gasteiger partial charge < -0.3 is 14.6 Å². The summed E-state index contributed by atoms with van der Waals surface area (Å²) in [5.41, 5.74) is 1.91. The summed E-state index contributed by atoms with van der Waals surface area (Å²) in [4.78, 5) is 10.7. The van der Waals surface area contributed by atoms with E-state index in [4.69, 9.17) is 26.2 Å². The molecule has 1 aliphatic heterocycles. The number of carbonyl (C=O) groups is 1. The predicted molar refractivity (Wildman–Crippen MR) is 61.7 cm³/mol. The van der Waals surface area contributed by atoms with Crippen LogP contribution < -0.4 is 0 Å². The SMILES string of the molecule is CC1(CC(=O)O)OCc2ccc(Cl)cc2CO1. The van der Waals surface area contributed by atoms with Crippen LogP contribution in [0.4, 0.5) is 0 Å². The van der Waals surface area contributed by atoms with E-state index in [0.29, 0.717) is 18.2 Å². The average molecular weight is 257 g/mol. The van der Waals surface area contributed by atoms with Crippen molar-refractivity contribution < 1.29 is 19.4 Å². The fraction of sp³-hybridized carbons (Fsp3) is 0.417. The summed E-state index contributed by atoms with van der Waals surface area (Å²) in [6.45, 7) is 2.27. The van der Waals surface area contributed by atoms with Gasteiger partial charge in [0.15, 0.2) is 5.79 Å². The highest BCUT2D eigenvalue weighted by atomic mass is 35.5. The molecule has 1 N–H and O–H groups in total. The molecule has 0 aliphatic carbocycles. The van der Waals surface area contributed by atoms with Crippen LogP contribution in [0.25, 0.3) is 0 Å². The molecule has 1 aromatic rings. The Morgan fingerprint density at radius 2 is 2.06 bits per heavy atom. The Morgan fingerprint density at radius 1 is 1.41 bits per heavy atom. The molecular weight excluding hydrogens is 244 g/mol. The first-order valence-corrected chi connectivity index (χ1v) is 5.63. The van der Waals surface area contributed by atoms with Crippen LogP contribution in [-0.4, -0.2) is 16.9 Å². The van der Waals surface area contributed by atoms with Crippen molar-refractivity contribution in [1.29, 1.82) is 0 Å². The second-order valence-corrected chi connectivity index (χ2v) is 4.63. The molecule has 0 saturated carbocycles. The Morgan fingerprint density at radius 3 is 2.71 bits per heavy atom. The van der Waals surface area contributed by atoms with Crippen molar-refractivity contribution in [3.05, 3.63) is 34.3 Å². The Balaban J connectivity index is 2.18. The number of benzene rings is 1. The lowest BCUT2D eigenvalue weighted by Gasteiger charge is -2.25. The molecule has 92 valence electrons. The van der Waals surface area contributed by atoms with Crippen molar-refractivity contribution in [3.63, 3.8) is 0 Å². The number of aliphatic carboxylic acids is 1. The highest BCUT2D eigenvalue weighted by molar-refractivity contribution is 6.30. The van der Waals surface area contributed by atoms with Gasteiger partial charge in [-0.3, -0.25) is 4.79 Å². The van der Waals surface area contributed by atoms with Gasteiger partial charge in [-0.25, -0.2) is 0 Å². The molecule has 1 heterocycles. The van der Waals surface area contributed by atoms with Crippen molar-refractivity contribution in [2.75, 3.05) is 0 Å². The zero-order valence-corrected chi connectivity index (χ0v) is 10.2. The number of fused-ring (bicyclic) bond motifs is 1. The Hall–Kier alpha value is -1.10. The summed E-state index contributed by atoms with van der Waals surface area (Å²) in [6.07, 6.45) is -0.186. The van der Waals surface area contributed by atoms with E-state index < -0.39 is 11.8 Å². The van der Waals surface area contributed by atoms with Crippen LogP contribution in [0.3, 0.4) is 0 Å². The molecule has 2 rings (SSSR count). The number of rotatable bonds is 2. The maximum atomic E-state index is 10.7. The number of carboxylic acids is 1. The molecule has 0 radical (unpaired) electrons. The fourth-order valence-electron chi connectivity index (χ4n) is 1.75. The van der Waals surface area contributed by atoms with Crippen molar-refractivity contribution in [2.45, 2.75) is 32.3 Å². The lowest BCUT2D eigenvalue weighted by molar-refractivity contribution is -0.237. The molecule has 0 aromatic heterocycles. The van der Waals surface area contributed by atoms with Crippen LogP contribution in [0, 0.1) is 0 Å². The lowest BCUT2D eigenvalue weighted by atomic mass is 10.1. The molecule has 0 bridgehead atoms. The summed E-state index contributed by atoms with van der Waals surface area (Å²) >= 11 is 5.89. The third-order valence-electron chi connectivity index (χ3n) is 2.71. The van der Waals surface area contributed by atoms with E-state index in [2.05, 4.69) is 0 Å². The molecule has 1 atom stereocenters. The van der Waals surface area contributed by atoms with Crippen LogP contribution in [0.2, 0.25) is 5.02 Å². The predicted octanol–water partition coefficient (Wildman–Crippen LogP) is 2.58. The Kier molecular flexibility index (Phi) is 3.38. The quantitative estimate of drug-likeness (QED) is 0.884. The fourth-order valence-corrected chi connectivity index (χ4v) is 1.94. The minimum Gasteiger partial charge on any atom is -0.481 e. The van der Waals surface area contributed by atoms with Crippen molar-refractivity contribution in [1.82, 2.24) is 0 Å². The Labute approximate surface area is 104 Å². The van der Waals surface area contributed by atoms with Crippen molar-refractivity contribution >= 4 is 17.6 Å². The molecule has 4 nitrogen and oxygen atoms in total. The van der Waals surface area contributed by atoms with Gasteiger partial charge in [0, 0.05) is 5.02 Å². The highest BCUT2D eigenvalue weighted by Crippen LogP contribution is 2.28. The van der Waals surface area contributed by atoms with Gasteiger partial charge in [0.25, 0.3) is 0 Å². The van der Waals surface area contributed by atoms with Crippen molar-refractivity contribution in [2.24, 2.45) is 0 Å². The number of halogens is 1. The van der Waals surface area contributed by atoms with Gasteiger partial charge >= 0.3 is 5.97 Å². The van der Waals surface area contributed by atoms with Gasteiger partial charge in [-0.05, 0) is 30.2 Å². The third-order valence-corrected chi connectivity index (χ3v) is 2.94. The summed E-state index contributed by atoms with van der Waals surface area (Å²) in [7, 11) is 0. The van der Waals surface area contributed by atoms with Gasteiger partial charge in [0.05, 0.1) is 19.6 Å². The normalized spacial score (nSPS) is 23.9. The van der Waals surface area contributed by atoms with Gasteiger partial charge in [-0.2, -0.15) is 0 Å². The first kappa shape index (κ1) is 12.4. The van der Waals surface area contributed by atoms with Crippen molar-refractivity contribution in [3.8, 4) is 0 Å². The maximum Gasteiger partial charge on any atom is 0.308 e. The van der Waals surface area contributed by atoms with E-state index in [1.807, 2.05) is 12.1 Å².